The molecule has 20 heavy (non-hydrogen) atoms. The van der Waals surface area contributed by atoms with E-state index in [4.69, 9.17) is 9.72 Å². The number of thiazole rings is 1. The summed E-state index contributed by atoms with van der Waals surface area (Å²) in [6.07, 6.45) is 2.72. The van der Waals surface area contributed by atoms with E-state index in [9.17, 15) is 0 Å². The molecule has 1 aliphatic heterocycles. The van der Waals surface area contributed by atoms with Crippen LogP contribution in [0.2, 0.25) is 0 Å². The van der Waals surface area contributed by atoms with Crippen LogP contribution in [0.4, 0.5) is 0 Å². The number of aromatic nitrogens is 1. The molecule has 1 aromatic heterocycles. The lowest BCUT2D eigenvalue weighted by molar-refractivity contribution is 0.0832. The van der Waals surface area contributed by atoms with Crippen molar-refractivity contribution in [2.45, 2.75) is 38.5 Å². The Bertz CT molecular complexity index is 534. The zero-order valence-corrected chi connectivity index (χ0v) is 12.5. The molecule has 0 bridgehead atoms. The average molecular weight is 288 g/mol. The Morgan fingerprint density at radius 1 is 1.40 bits per heavy atom. The van der Waals surface area contributed by atoms with Gasteiger partial charge in [0.2, 0.25) is 0 Å². The van der Waals surface area contributed by atoms with E-state index in [1.165, 1.54) is 18.4 Å². The molecule has 1 N–H and O–H groups in total. The van der Waals surface area contributed by atoms with Crippen LogP contribution in [-0.4, -0.2) is 23.7 Å². The molecule has 1 fully saturated rings. The molecule has 2 aromatic rings. The third kappa shape index (κ3) is 3.26. The highest BCUT2D eigenvalue weighted by Gasteiger charge is 2.21. The Labute approximate surface area is 124 Å². The first kappa shape index (κ1) is 13.7. The molecule has 0 aliphatic carbocycles. The number of ether oxygens (including phenoxy) is 1. The molecule has 1 aliphatic rings. The molecule has 2 unspecified atom stereocenters. The molecule has 4 heteroatoms. The van der Waals surface area contributed by atoms with Crippen LogP contribution in [0, 0.1) is 0 Å². The predicted molar refractivity (Wildman–Crippen MR) is 82.8 cm³/mol. The fourth-order valence-electron chi connectivity index (χ4n) is 2.51. The molecule has 0 amide bonds. The standard InChI is InChI=1S/C16H20N2OS/c1-12(15-8-5-9-19-15)17-10-16-18-14(11-20-16)13-6-3-2-4-7-13/h2-4,6-7,11-12,15,17H,5,8-10H2,1H3. The molecule has 1 aromatic carbocycles. The fourth-order valence-corrected chi connectivity index (χ4v) is 3.26. The van der Waals surface area contributed by atoms with Crippen molar-refractivity contribution in [3.63, 3.8) is 0 Å². The normalized spacial score (nSPS) is 20.1. The SMILES string of the molecule is CC(NCc1nc(-c2ccccc2)cs1)C1CCCO1. The minimum absolute atomic E-state index is 0.364. The summed E-state index contributed by atoms with van der Waals surface area (Å²) >= 11 is 1.71. The van der Waals surface area contributed by atoms with Crippen LogP contribution in [-0.2, 0) is 11.3 Å². The molecule has 2 atom stereocenters. The summed E-state index contributed by atoms with van der Waals surface area (Å²) in [5, 5.41) is 6.79. The monoisotopic (exact) mass is 288 g/mol. The molecule has 3 nitrogen and oxygen atoms in total. The number of nitrogens with one attached hydrogen (secondary N) is 1. The van der Waals surface area contributed by atoms with Crippen LogP contribution in [0.5, 0.6) is 0 Å². The van der Waals surface area contributed by atoms with Crippen LogP contribution < -0.4 is 5.32 Å². The first-order valence-corrected chi connectivity index (χ1v) is 8.06. The number of benzene rings is 1. The Kier molecular flexibility index (Phi) is 4.45. The van der Waals surface area contributed by atoms with Crippen molar-refractivity contribution < 1.29 is 4.74 Å². The van der Waals surface area contributed by atoms with Crippen molar-refractivity contribution in [2.24, 2.45) is 0 Å². The Hall–Kier alpha value is -1.23. The second-order valence-corrected chi connectivity index (χ2v) is 6.16. The maximum atomic E-state index is 5.70. The number of nitrogens with zero attached hydrogens (tertiary/aromatic N) is 1. The van der Waals surface area contributed by atoms with Gasteiger partial charge in [-0.25, -0.2) is 4.98 Å². The molecular weight excluding hydrogens is 268 g/mol. The maximum absolute atomic E-state index is 5.70. The highest BCUT2D eigenvalue weighted by Crippen LogP contribution is 2.22. The van der Waals surface area contributed by atoms with Crippen LogP contribution in [0.3, 0.4) is 0 Å². The van der Waals surface area contributed by atoms with Crippen molar-refractivity contribution in [2.75, 3.05) is 6.61 Å². The molecule has 0 spiro atoms. The molecule has 1 saturated heterocycles. The van der Waals surface area contributed by atoms with Gasteiger partial charge in [-0.2, -0.15) is 0 Å². The van der Waals surface area contributed by atoms with E-state index in [2.05, 4.69) is 29.8 Å². The fraction of sp³-hybridized carbons (Fsp3) is 0.438. The van der Waals surface area contributed by atoms with Crippen molar-refractivity contribution in [1.82, 2.24) is 10.3 Å². The van der Waals surface area contributed by atoms with Crippen LogP contribution in [0.15, 0.2) is 35.7 Å². The zero-order valence-electron chi connectivity index (χ0n) is 11.7. The first-order valence-electron chi connectivity index (χ1n) is 7.18. The van der Waals surface area contributed by atoms with E-state index in [1.54, 1.807) is 11.3 Å². The quantitative estimate of drug-likeness (QED) is 0.915. The third-order valence-corrected chi connectivity index (χ3v) is 4.57. The van der Waals surface area contributed by atoms with Gasteiger partial charge in [-0.15, -0.1) is 11.3 Å². The summed E-state index contributed by atoms with van der Waals surface area (Å²) in [7, 11) is 0. The predicted octanol–water partition coefficient (Wildman–Crippen LogP) is 3.47. The summed E-state index contributed by atoms with van der Waals surface area (Å²) in [6, 6.07) is 10.7. The summed E-state index contributed by atoms with van der Waals surface area (Å²) in [5.74, 6) is 0. The van der Waals surface area contributed by atoms with E-state index >= 15 is 0 Å². The van der Waals surface area contributed by atoms with Gasteiger partial charge in [-0.1, -0.05) is 30.3 Å². The summed E-state index contributed by atoms with van der Waals surface area (Å²) < 4.78 is 5.70. The molecular formula is C16H20N2OS. The molecule has 3 rings (SSSR count). The van der Waals surface area contributed by atoms with Gasteiger partial charge in [-0.05, 0) is 19.8 Å². The van der Waals surface area contributed by atoms with Crippen molar-refractivity contribution in [3.8, 4) is 11.3 Å². The molecule has 0 radical (unpaired) electrons. The summed E-state index contributed by atoms with van der Waals surface area (Å²) in [5.41, 5.74) is 2.25. The van der Waals surface area contributed by atoms with Gasteiger partial charge in [-0.3, -0.25) is 0 Å². The Morgan fingerprint density at radius 3 is 3.00 bits per heavy atom. The van der Waals surface area contributed by atoms with Gasteiger partial charge in [0.1, 0.15) is 5.01 Å². The first-order chi connectivity index (χ1) is 9.83. The van der Waals surface area contributed by atoms with Gasteiger partial charge < -0.3 is 10.1 Å². The van der Waals surface area contributed by atoms with E-state index < -0.39 is 0 Å². The minimum atomic E-state index is 0.364. The topological polar surface area (TPSA) is 34.2 Å². The maximum Gasteiger partial charge on any atom is 0.107 e. The number of hydrogen-bond donors (Lipinski definition) is 1. The van der Waals surface area contributed by atoms with Gasteiger partial charge >= 0.3 is 0 Å². The van der Waals surface area contributed by atoms with E-state index in [0.29, 0.717) is 12.1 Å². The molecule has 106 valence electrons. The van der Waals surface area contributed by atoms with Crippen molar-refractivity contribution in [1.29, 1.82) is 0 Å². The average Bonchev–Trinajstić information content (AvgIpc) is 3.17. The minimum Gasteiger partial charge on any atom is -0.377 e. The van der Waals surface area contributed by atoms with E-state index in [1.807, 2.05) is 18.2 Å². The van der Waals surface area contributed by atoms with Crippen LogP contribution in [0.1, 0.15) is 24.8 Å². The number of rotatable bonds is 5. The lowest BCUT2D eigenvalue weighted by Crippen LogP contribution is -2.36. The van der Waals surface area contributed by atoms with Crippen LogP contribution >= 0.6 is 11.3 Å². The Balaban J connectivity index is 1.57. The van der Waals surface area contributed by atoms with E-state index in [-0.39, 0.29) is 0 Å². The van der Waals surface area contributed by atoms with Crippen molar-refractivity contribution >= 4 is 11.3 Å². The smallest absolute Gasteiger partial charge is 0.107 e. The number of hydrogen-bond acceptors (Lipinski definition) is 4. The van der Waals surface area contributed by atoms with Gasteiger partial charge in [0.15, 0.2) is 0 Å². The summed E-state index contributed by atoms with van der Waals surface area (Å²) in [6.45, 7) is 3.92. The van der Waals surface area contributed by atoms with E-state index in [0.717, 1.165) is 23.9 Å². The zero-order chi connectivity index (χ0) is 13.8. The van der Waals surface area contributed by atoms with Gasteiger partial charge in [0, 0.05) is 30.1 Å². The highest BCUT2D eigenvalue weighted by atomic mass is 32.1. The van der Waals surface area contributed by atoms with Crippen molar-refractivity contribution in [3.05, 3.63) is 40.7 Å². The second kappa shape index (κ2) is 6.48. The second-order valence-electron chi connectivity index (χ2n) is 5.21. The van der Waals surface area contributed by atoms with Crippen LogP contribution in [0.25, 0.3) is 11.3 Å². The van der Waals surface area contributed by atoms with Gasteiger partial charge in [0.05, 0.1) is 11.8 Å². The highest BCUT2D eigenvalue weighted by molar-refractivity contribution is 7.09. The third-order valence-electron chi connectivity index (χ3n) is 3.72. The van der Waals surface area contributed by atoms with Gasteiger partial charge in [0.25, 0.3) is 0 Å². The lowest BCUT2D eigenvalue weighted by atomic mass is 10.1. The molecule has 0 saturated carbocycles. The Morgan fingerprint density at radius 2 is 2.25 bits per heavy atom. The largest absolute Gasteiger partial charge is 0.377 e. The summed E-state index contributed by atoms with van der Waals surface area (Å²) in [4.78, 5) is 4.69. The molecule has 2 heterocycles. The lowest BCUT2D eigenvalue weighted by Gasteiger charge is -2.19.